The molecule has 1 atom stereocenters. The number of aromatic amines is 1. The highest BCUT2D eigenvalue weighted by Gasteiger charge is 2.34. The molecule has 1 aliphatic heterocycles. The van der Waals surface area contributed by atoms with E-state index in [-0.39, 0.29) is 23.7 Å². The average molecular weight is 437 g/mol. The zero-order valence-corrected chi connectivity index (χ0v) is 16.7. The molecule has 158 valence electrons. The first-order valence-corrected chi connectivity index (χ1v) is 10.0. The largest absolute Gasteiger partial charge is 0.416 e. The minimum Gasteiger partial charge on any atom is -0.298 e. The number of piperidine rings is 1. The van der Waals surface area contributed by atoms with Gasteiger partial charge >= 0.3 is 11.9 Å². The van der Waals surface area contributed by atoms with E-state index < -0.39 is 11.7 Å². The van der Waals surface area contributed by atoms with Crippen LogP contribution >= 0.6 is 11.6 Å². The number of hydrogen-bond donors (Lipinski definition) is 1. The second kappa shape index (κ2) is 8.28. The second-order valence-corrected chi connectivity index (χ2v) is 7.87. The normalized spacial score (nSPS) is 17.9. The Morgan fingerprint density at radius 2 is 1.87 bits per heavy atom. The molecule has 9 heteroatoms. The molecular formula is C21H20ClF3N4O. The summed E-state index contributed by atoms with van der Waals surface area (Å²) >= 11 is 5.90. The van der Waals surface area contributed by atoms with Gasteiger partial charge < -0.3 is 0 Å². The molecule has 4 rings (SSSR count). The average Bonchev–Trinajstić information content (AvgIpc) is 3.10. The summed E-state index contributed by atoms with van der Waals surface area (Å²) in [6.45, 7) is 1.43. The fourth-order valence-corrected chi connectivity index (χ4v) is 4.01. The van der Waals surface area contributed by atoms with Crippen molar-refractivity contribution in [3.8, 4) is 5.69 Å². The van der Waals surface area contributed by atoms with Gasteiger partial charge in [-0.2, -0.15) is 17.9 Å². The summed E-state index contributed by atoms with van der Waals surface area (Å²) in [5, 5.41) is 4.99. The van der Waals surface area contributed by atoms with Crippen molar-refractivity contribution in [2.24, 2.45) is 0 Å². The second-order valence-electron chi connectivity index (χ2n) is 7.43. The quantitative estimate of drug-likeness (QED) is 0.649. The lowest BCUT2D eigenvalue weighted by Gasteiger charge is -2.32. The molecule has 2 aromatic carbocycles. The highest BCUT2D eigenvalue weighted by Crippen LogP contribution is 2.33. The molecule has 5 nitrogen and oxygen atoms in total. The Balaban J connectivity index is 1.52. The van der Waals surface area contributed by atoms with Crippen LogP contribution in [0.15, 0.2) is 53.3 Å². The first-order valence-electron chi connectivity index (χ1n) is 9.64. The molecule has 1 saturated heterocycles. The van der Waals surface area contributed by atoms with E-state index in [0.29, 0.717) is 29.6 Å². The van der Waals surface area contributed by atoms with Gasteiger partial charge in [0.1, 0.15) is 5.82 Å². The lowest BCUT2D eigenvalue weighted by molar-refractivity contribution is -0.138. The molecule has 1 aromatic heterocycles. The summed E-state index contributed by atoms with van der Waals surface area (Å²) in [6.07, 6.45) is -2.76. The van der Waals surface area contributed by atoms with Gasteiger partial charge in [-0.1, -0.05) is 29.8 Å². The van der Waals surface area contributed by atoms with Gasteiger partial charge in [0.2, 0.25) is 0 Å². The van der Waals surface area contributed by atoms with Gasteiger partial charge in [0.15, 0.2) is 0 Å². The standard InChI is InChI=1S/C21H20ClF3N4O/c22-16-7-9-17(10-8-16)29-20(30)26-19(27-29)15-5-3-11-28(13-15)12-14-4-1-2-6-18(14)21(23,24)25/h1-2,4,6-10,15H,3,5,11-13H2,(H,26,27,30). The van der Waals surface area contributed by atoms with Crippen LogP contribution in [0.25, 0.3) is 5.69 Å². The van der Waals surface area contributed by atoms with Crippen LogP contribution in [0.3, 0.4) is 0 Å². The number of rotatable bonds is 4. The number of likely N-dealkylation sites (tertiary alicyclic amines) is 1. The zero-order chi connectivity index (χ0) is 21.3. The predicted molar refractivity (Wildman–Crippen MR) is 108 cm³/mol. The molecule has 0 amide bonds. The monoisotopic (exact) mass is 436 g/mol. The minimum absolute atomic E-state index is 0.0574. The molecule has 0 saturated carbocycles. The molecular weight excluding hydrogens is 417 g/mol. The Labute approximate surface area is 176 Å². The SMILES string of the molecule is O=c1[nH]c(C2CCCN(Cc3ccccc3C(F)(F)F)C2)nn1-c1ccc(Cl)cc1. The smallest absolute Gasteiger partial charge is 0.298 e. The van der Waals surface area contributed by atoms with Crippen LogP contribution in [0, 0.1) is 0 Å². The van der Waals surface area contributed by atoms with Gasteiger partial charge in [0.25, 0.3) is 0 Å². The summed E-state index contributed by atoms with van der Waals surface area (Å²) in [5.74, 6) is 0.488. The van der Waals surface area contributed by atoms with E-state index in [0.717, 1.165) is 18.9 Å². The first-order chi connectivity index (χ1) is 14.3. The van der Waals surface area contributed by atoms with E-state index in [2.05, 4.69) is 10.1 Å². The Hall–Kier alpha value is -2.58. The number of nitrogens with zero attached hydrogens (tertiary/aromatic N) is 3. The topological polar surface area (TPSA) is 53.9 Å². The molecule has 2 heterocycles. The van der Waals surface area contributed by atoms with Gasteiger partial charge in [-0.25, -0.2) is 4.79 Å². The third kappa shape index (κ3) is 4.44. The fraction of sp³-hybridized carbons (Fsp3) is 0.333. The van der Waals surface area contributed by atoms with Crippen molar-refractivity contribution < 1.29 is 13.2 Å². The third-order valence-electron chi connectivity index (χ3n) is 5.32. The predicted octanol–water partition coefficient (Wildman–Crippen LogP) is 4.61. The van der Waals surface area contributed by atoms with Crippen LogP contribution in [0.2, 0.25) is 5.02 Å². The van der Waals surface area contributed by atoms with E-state index in [1.54, 1.807) is 30.3 Å². The number of nitrogens with one attached hydrogen (secondary N) is 1. The Morgan fingerprint density at radius 3 is 2.60 bits per heavy atom. The Morgan fingerprint density at radius 1 is 1.13 bits per heavy atom. The zero-order valence-electron chi connectivity index (χ0n) is 16.0. The Kier molecular flexibility index (Phi) is 5.71. The van der Waals surface area contributed by atoms with Gasteiger partial charge in [-0.15, -0.1) is 5.10 Å². The maximum absolute atomic E-state index is 13.3. The van der Waals surface area contributed by atoms with E-state index in [4.69, 9.17) is 11.6 Å². The van der Waals surface area contributed by atoms with Crippen molar-refractivity contribution in [1.82, 2.24) is 19.7 Å². The van der Waals surface area contributed by atoms with Crippen molar-refractivity contribution in [1.29, 1.82) is 0 Å². The summed E-state index contributed by atoms with van der Waals surface area (Å²) in [4.78, 5) is 17.2. The van der Waals surface area contributed by atoms with Crippen LogP contribution in [-0.4, -0.2) is 32.8 Å². The van der Waals surface area contributed by atoms with Crippen LogP contribution < -0.4 is 5.69 Å². The van der Waals surface area contributed by atoms with Crippen LogP contribution in [0.4, 0.5) is 13.2 Å². The summed E-state index contributed by atoms with van der Waals surface area (Å²) in [5.41, 5.74) is -0.107. The molecule has 1 unspecified atom stereocenters. The number of alkyl halides is 3. The highest BCUT2D eigenvalue weighted by molar-refractivity contribution is 6.30. The van der Waals surface area contributed by atoms with Crippen LogP contribution in [0.1, 0.15) is 35.7 Å². The van der Waals surface area contributed by atoms with E-state index in [9.17, 15) is 18.0 Å². The maximum Gasteiger partial charge on any atom is 0.416 e. The lowest BCUT2D eigenvalue weighted by Crippen LogP contribution is -2.35. The molecule has 1 fully saturated rings. The Bertz CT molecular complexity index is 1070. The first kappa shape index (κ1) is 20.7. The fourth-order valence-electron chi connectivity index (χ4n) is 3.88. The third-order valence-corrected chi connectivity index (χ3v) is 5.57. The number of hydrogen-bond acceptors (Lipinski definition) is 3. The molecule has 1 aliphatic rings. The summed E-state index contributed by atoms with van der Waals surface area (Å²) in [7, 11) is 0. The molecule has 0 radical (unpaired) electrons. The van der Waals surface area contributed by atoms with E-state index in [1.807, 2.05) is 4.90 Å². The molecule has 0 spiro atoms. The molecule has 3 aromatic rings. The van der Waals surface area contributed by atoms with Gasteiger partial charge in [-0.05, 0) is 55.3 Å². The maximum atomic E-state index is 13.3. The minimum atomic E-state index is -4.38. The lowest BCUT2D eigenvalue weighted by atomic mass is 9.96. The van der Waals surface area contributed by atoms with Gasteiger partial charge in [-0.3, -0.25) is 9.88 Å². The van der Waals surface area contributed by atoms with Crippen molar-refractivity contribution in [3.05, 3.63) is 81.0 Å². The number of aromatic nitrogens is 3. The van der Waals surface area contributed by atoms with Crippen molar-refractivity contribution in [2.75, 3.05) is 13.1 Å². The highest BCUT2D eigenvalue weighted by atomic mass is 35.5. The molecule has 1 N–H and O–H groups in total. The van der Waals surface area contributed by atoms with Crippen molar-refractivity contribution >= 4 is 11.6 Å². The molecule has 0 bridgehead atoms. The summed E-state index contributed by atoms with van der Waals surface area (Å²) in [6, 6.07) is 12.4. The summed E-state index contributed by atoms with van der Waals surface area (Å²) < 4.78 is 41.2. The number of H-pyrrole nitrogens is 1. The number of halogens is 4. The van der Waals surface area contributed by atoms with Crippen molar-refractivity contribution in [3.63, 3.8) is 0 Å². The van der Waals surface area contributed by atoms with Crippen LogP contribution in [0.5, 0.6) is 0 Å². The van der Waals surface area contributed by atoms with E-state index in [1.165, 1.54) is 16.8 Å². The van der Waals surface area contributed by atoms with Gasteiger partial charge in [0, 0.05) is 24.0 Å². The van der Waals surface area contributed by atoms with E-state index >= 15 is 0 Å². The van der Waals surface area contributed by atoms with Crippen molar-refractivity contribution in [2.45, 2.75) is 31.5 Å². The molecule has 30 heavy (non-hydrogen) atoms. The van der Waals surface area contributed by atoms with Gasteiger partial charge in [0.05, 0.1) is 11.3 Å². The number of benzene rings is 2. The molecule has 0 aliphatic carbocycles. The van der Waals surface area contributed by atoms with Crippen LogP contribution in [-0.2, 0) is 12.7 Å².